The average molecular weight is 1270 g/mol. The van der Waals surface area contributed by atoms with E-state index in [1.807, 2.05) is 0 Å². The van der Waals surface area contributed by atoms with Crippen LogP contribution in [-0.4, -0.2) is 83.5 Å². The van der Waals surface area contributed by atoms with Crippen LogP contribution in [0.5, 0.6) is 0 Å². The molecule has 4 unspecified atom stereocenters. The fourth-order valence-corrected chi connectivity index (χ4v) is 17.1. The summed E-state index contributed by atoms with van der Waals surface area (Å²) >= 11 is 0. The minimum atomic E-state index is -0.303. The van der Waals surface area contributed by atoms with Gasteiger partial charge in [-0.15, -0.1) is 26.2 Å². The summed E-state index contributed by atoms with van der Waals surface area (Å²) in [4.78, 5) is 0. The fraction of sp³-hybridized carbons (Fsp3) is 0.789. The molecule has 4 nitrogen and oxygen atoms in total. The molecule has 0 saturated carbocycles. The third-order valence-electron chi connectivity index (χ3n) is 20.2. The summed E-state index contributed by atoms with van der Waals surface area (Å²) in [6.45, 7) is 59.5. The number of nitrogens with zero attached hydrogens (tertiary/aromatic N) is 4. The zero-order chi connectivity index (χ0) is 63.5. The summed E-state index contributed by atoms with van der Waals surface area (Å²) in [6.07, 6.45) is 42.8. The van der Waals surface area contributed by atoms with Crippen LogP contribution in [0.4, 0.5) is 0 Å². The molecule has 85 heavy (non-hydrogen) atoms. The Kier molecular flexibility index (Phi) is 45.2. The molecular formula is C76H144N4Si4Ti. The maximum absolute atomic E-state index is 4.97. The van der Waals surface area contributed by atoms with Crippen molar-refractivity contribution in [1.29, 1.82) is 0 Å². The Labute approximate surface area is 555 Å². The smallest absolute Gasteiger partial charge is 0.650 e. The zero-order valence-electron chi connectivity index (χ0n) is 61.5. The van der Waals surface area contributed by atoms with Gasteiger partial charge in [0.05, 0.1) is 0 Å². The van der Waals surface area contributed by atoms with Gasteiger partial charge in [-0.25, -0.2) is 0 Å². The van der Waals surface area contributed by atoms with Gasteiger partial charge in [-0.2, -0.15) is 0 Å². The van der Waals surface area contributed by atoms with Crippen molar-refractivity contribution >= 4 is 35.2 Å². The molecule has 0 aromatic carbocycles. The van der Waals surface area contributed by atoms with Crippen molar-refractivity contribution in [3.8, 4) is 0 Å². The molecule has 4 rings (SSSR count). The van der Waals surface area contributed by atoms with Crippen molar-refractivity contribution in [3.05, 3.63) is 112 Å². The first-order valence-electron chi connectivity index (χ1n) is 35.7. The Morgan fingerprint density at radius 3 is 0.518 bits per heavy atom. The third kappa shape index (κ3) is 34.0. The quantitative estimate of drug-likeness (QED) is 0.0434. The molecule has 0 amide bonds. The van der Waals surface area contributed by atoms with Crippen LogP contribution in [-0.2, 0) is 21.7 Å². The topological polar surface area (TPSA) is 56.4 Å². The van der Waals surface area contributed by atoms with Gasteiger partial charge in [0.2, 0.25) is 0 Å². The van der Waals surface area contributed by atoms with Crippen molar-refractivity contribution in [2.24, 2.45) is 0 Å². The summed E-state index contributed by atoms with van der Waals surface area (Å²) in [7, 11) is -1.21. The normalized spacial score (nSPS) is 22.1. The Bertz CT molecular complexity index is 1830. The van der Waals surface area contributed by atoms with Gasteiger partial charge < -0.3 is 21.3 Å². The van der Waals surface area contributed by atoms with Crippen LogP contribution in [0.1, 0.15) is 265 Å². The predicted octanol–water partition coefficient (Wildman–Crippen LogP) is 25.0. The van der Waals surface area contributed by atoms with Crippen LogP contribution in [0.15, 0.2) is 91.2 Å². The second-order valence-corrected chi connectivity index (χ2v) is 43.1. The van der Waals surface area contributed by atoms with Gasteiger partial charge in [0.25, 0.3) is 0 Å². The van der Waals surface area contributed by atoms with Crippen molar-refractivity contribution < 1.29 is 21.7 Å². The number of hydrogen-bond donors (Lipinski definition) is 0. The summed E-state index contributed by atoms with van der Waals surface area (Å²) in [6, 6.07) is 6.13. The van der Waals surface area contributed by atoms with E-state index in [0.29, 0.717) is 0 Å². The molecule has 4 atom stereocenters. The van der Waals surface area contributed by atoms with E-state index in [9.17, 15) is 0 Å². The van der Waals surface area contributed by atoms with Crippen LogP contribution in [0.3, 0.4) is 0 Å². The molecule has 4 aliphatic carbocycles. The Balaban J connectivity index is 0.00000110. The molecule has 4 aliphatic rings. The van der Waals surface area contributed by atoms with Crippen molar-refractivity contribution in [1.82, 2.24) is 0 Å². The number of allylic oxidation sites excluding steroid dienone is 8. The van der Waals surface area contributed by atoms with Crippen molar-refractivity contribution in [2.45, 2.75) is 364 Å². The molecule has 0 fully saturated rings. The summed E-state index contributed by atoms with van der Waals surface area (Å²) in [5.41, 5.74) is 17.1. The number of unbranched alkanes of at least 4 members (excludes halogenated alkanes) is 20. The Morgan fingerprint density at radius 1 is 0.247 bits per heavy atom. The Morgan fingerprint density at radius 2 is 0.388 bits per heavy atom. The predicted molar refractivity (Wildman–Crippen MR) is 401 cm³/mol. The summed E-state index contributed by atoms with van der Waals surface area (Å²) in [5.74, 6) is 0. The van der Waals surface area contributed by atoms with Crippen LogP contribution in [0.25, 0.3) is 21.3 Å². The summed E-state index contributed by atoms with van der Waals surface area (Å²) in [5, 5.41) is 19.9. The van der Waals surface area contributed by atoms with Gasteiger partial charge in [-0.3, -0.25) is 0 Å². The second-order valence-electron chi connectivity index (χ2n) is 29.6. The first-order chi connectivity index (χ1) is 39.5. The van der Waals surface area contributed by atoms with E-state index in [0.717, 1.165) is 26.2 Å². The molecule has 0 bridgehead atoms. The van der Waals surface area contributed by atoms with E-state index in [1.165, 1.54) is 245 Å². The van der Waals surface area contributed by atoms with Gasteiger partial charge in [0.15, 0.2) is 0 Å². The van der Waals surface area contributed by atoms with Gasteiger partial charge in [0, 0.05) is 35.2 Å². The molecule has 0 aliphatic heterocycles. The molecule has 0 radical (unpaired) electrons. The molecular weight excluding hydrogens is 1130 g/mol. The van der Waals surface area contributed by atoms with E-state index in [4.69, 9.17) is 21.3 Å². The van der Waals surface area contributed by atoms with Gasteiger partial charge in [-0.05, 0) is 83.1 Å². The van der Waals surface area contributed by atoms with E-state index in [-0.39, 0.29) is 79.1 Å². The molecule has 0 aromatic heterocycles. The summed E-state index contributed by atoms with van der Waals surface area (Å²) < 4.78 is 0. The van der Waals surface area contributed by atoms with Crippen molar-refractivity contribution in [2.75, 3.05) is 26.2 Å². The van der Waals surface area contributed by atoms with Crippen LogP contribution < -0.4 is 0 Å². The Hall–Kier alpha value is -0.658. The fourth-order valence-electron chi connectivity index (χ4n) is 12.6. The van der Waals surface area contributed by atoms with E-state index in [1.54, 1.807) is 0 Å². The molecule has 0 aromatic rings. The van der Waals surface area contributed by atoms with Gasteiger partial charge >= 0.3 is 21.7 Å². The standard InChI is InChI=1S/4C19H36NSi.Ti/c4*1-16-15-19(4,18(3)17(16)2)20-13-11-9-7-8-10-12-14-21(5)6;/h4*15,21H,7-14H2,1-6H3;/q4*-1;+4. The van der Waals surface area contributed by atoms with Crippen LogP contribution >= 0.6 is 0 Å². The second kappa shape index (κ2) is 45.6. The first-order valence-corrected chi connectivity index (χ1v) is 48.2. The third-order valence-corrected chi connectivity index (χ3v) is 26.4. The number of hydrogen-bond acceptors (Lipinski definition) is 0. The molecule has 488 valence electrons. The van der Waals surface area contributed by atoms with E-state index < -0.39 is 0 Å². The molecule has 0 spiro atoms. The average Bonchev–Trinajstić information content (AvgIpc) is 3.93. The minimum Gasteiger partial charge on any atom is -0.650 e. The van der Waals surface area contributed by atoms with E-state index >= 15 is 0 Å². The molecule has 0 N–H and O–H groups in total. The molecule has 9 heteroatoms. The van der Waals surface area contributed by atoms with Gasteiger partial charge in [0.1, 0.15) is 0 Å². The maximum atomic E-state index is 4.97. The largest absolute Gasteiger partial charge is 4.00 e. The monoisotopic (exact) mass is 1270 g/mol. The number of rotatable bonds is 40. The van der Waals surface area contributed by atoms with Crippen LogP contribution in [0.2, 0.25) is 76.6 Å². The van der Waals surface area contributed by atoms with E-state index in [2.05, 4.69) is 187 Å². The molecule has 0 heterocycles. The van der Waals surface area contributed by atoms with Crippen LogP contribution in [0, 0.1) is 0 Å². The SMILES string of the molecule is CC1=CC(C)([N-]CCCCCCCC[SiH](C)C)C(C)=C1C.CC1=CC(C)([N-]CCCCCCCC[SiH](C)C)C(C)=C1C.CC1=CC(C)([N-]CCCCCCCC[SiH](C)C)C(C)=C1C.CC1=CC(C)([N-]CCCCCCCC[SiH](C)C)C(C)=C1C.[Ti+4]. The maximum Gasteiger partial charge on any atom is 4.00 e. The zero-order valence-corrected chi connectivity index (χ0v) is 67.7. The van der Waals surface area contributed by atoms with Gasteiger partial charge in [-0.1, -0.05) is 372 Å². The van der Waals surface area contributed by atoms with Crippen molar-refractivity contribution in [3.63, 3.8) is 0 Å². The first kappa shape index (κ1) is 84.3. The minimum absolute atomic E-state index is 0. The molecule has 0 saturated heterocycles.